The minimum atomic E-state index is -0.151. The largest absolute Gasteiger partial charge is 0.496 e. The van der Waals surface area contributed by atoms with Crippen LogP contribution in [0.3, 0.4) is 0 Å². The summed E-state index contributed by atoms with van der Waals surface area (Å²) in [5.41, 5.74) is 7.23. The predicted octanol–water partition coefficient (Wildman–Crippen LogP) is 3.97. The second-order valence-electron chi connectivity index (χ2n) is 3.35. The zero-order chi connectivity index (χ0) is 10.8. The number of allylic oxidation sites excluding steroid dienone is 1. The summed E-state index contributed by atoms with van der Waals surface area (Å²) in [6, 6.07) is 1.89. The Balaban J connectivity index is 2.23. The molecular weight excluding hydrogens is 342 g/mol. The first-order chi connectivity index (χ1) is 7.18. The lowest BCUT2D eigenvalue weighted by atomic mass is 10.1. The molecule has 0 fully saturated rings. The van der Waals surface area contributed by atoms with Crippen molar-refractivity contribution in [1.82, 2.24) is 0 Å². The van der Waals surface area contributed by atoms with Crippen LogP contribution in [0.25, 0.3) is 0 Å². The smallest absolute Gasteiger partial charge is 0.113 e. The highest BCUT2D eigenvalue weighted by Crippen LogP contribution is 2.37. The van der Waals surface area contributed by atoms with E-state index in [9.17, 15) is 0 Å². The molecule has 1 aliphatic rings. The number of rotatable bonds is 2. The highest BCUT2D eigenvalue weighted by atomic mass is 79.9. The average molecular weight is 353 g/mol. The van der Waals surface area contributed by atoms with Gasteiger partial charge in [-0.1, -0.05) is 0 Å². The molecule has 0 bridgehead atoms. The van der Waals surface area contributed by atoms with Crippen LogP contribution in [0.1, 0.15) is 24.4 Å². The van der Waals surface area contributed by atoms with E-state index in [1.54, 1.807) is 11.3 Å². The molecule has 0 saturated carbocycles. The van der Waals surface area contributed by atoms with E-state index in [2.05, 4.69) is 37.9 Å². The quantitative estimate of drug-likeness (QED) is 0.874. The van der Waals surface area contributed by atoms with E-state index in [-0.39, 0.29) is 6.04 Å². The van der Waals surface area contributed by atoms with E-state index >= 15 is 0 Å². The zero-order valence-electron chi connectivity index (χ0n) is 8.00. The van der Waals surface area contributed by atoms with Crippen LogP contribution in [0.5, 0.6) is 0 Å². The first-order valence-corrected chi connectivity index (χ1v) is 7.12. The fourth-order valence-electron chi connectivity index (χ4n) is 1.51. The summed E-state index contributed by atoms with van der Waals surface area (Å²) in [4.78, 5) is 0. The van der Waals surface area contributed by atoms with Gasteiger partial charge in [0.1, 0.15) is 5.76 Å². The molecule has 2 rings (SSSR count). The molecule has 5 heteroatoms. The third kappa shape index (κ3) is 2.64. The average Bonchev–Trinajstić information content (AvgIpc) is 2.58. The second-order valence-corrected chi connectivity index (χ2v) is 7.10. The van der Waals surface area contributed by atoms with Crippen LogP contribution in [0.2, 0.25) is 0 Å². The van der Waals surface area contributed by atoms with Crippen molar-refractivity contribution in [2.75, 3.05) is 6.61 Å². The highest BCUT2D eigenvalue weighted by Gasteiger charge is 2.19. The lowest BCUT2D eigenvalue weighted by Crippen LogP contribution is -2.17. The van der Waals surface area contributed by atoms with Gasteiger partial charge in [-0.2, -0.15) is 0 Å². The third-order valence-electron chi connectivity index (χ3n) is 2.29. The third-order valence-corrected chi connectivity index (χ3v) is 4.67. The van der Waals surface area contributed by atoms with Gasteiger partial charge in [0.25, 0.3) is 0 Å². The van der Waals surface area contributed by atoms with Gasteiger partial charge < -0.3 is 10.5 Å². The summed E-state index contributed by atoms with van der Waals surface area (Å²) < 4.78 is 7.71. The highest BCUT2D eigenvalue weighted by molar-refractivity contribution is 9.12. The zero-order valence-corrected chi connectivity index (χ0v) is 12.0. The molecule has 2 heterocycles. The van der Waals surface area contributed by atoms with Crippen molar-refractivity contribution in [2.45, 2.75) is 18.9 Å². The SMILES string of the molecule is NC(C1=CCCCO1)c1cc(Br)sc1Br. The van der Waals surface area contributed by atoms with Crippen molar-refractivity contribution in [3.8, 4) is 0 Å². The topological polar surface area (TPSA) is 35.2 Å². The number of hydrogen-bond acceptors (Lipinski definition) is 3. The second kappa shape index (κ2) is 4.99. The lowest BCUT2D eigenvalue weighted by molar-refractivity contribution is 0.176. The minimum absolute atomic E-state index is 0.151. The monoisotopic (exact) mass is 351 g/mol. The first kappa shape index (κ1) is 11.6. The van der Waals surface area contributed by atoms with Crippen LogP contribution in [0.15, 0.2) is 25.5 Å². The maximum Gasteiger partial charge on any atom is 0.113 e. The van der Waals surface area contributed by atoms with Crippen molar-refractivity contribution in [2.24, 2.45) is 5.73 Å². The fraction of sp³-hybridized carbons (Fsp3) is 0.400. The van der Waals surface area contributed by atoms with Crippen LogP contribution >= 0.6 is 43.2 Å². The van der Waals surface area contributed by atoms with E-state index < -0.39 is 0 Å². The Morgan fingerprint density at radius 2 is 2.27 bits per heavy atom. The number of nitrogens with two attached hydrogens (primary N) is 1. The van der Waals surface area contributed by atoms with Crippen LogP contribution in [-0.4, -0.2) is 6.61 Å². The van der Waals surface area contributed by atoms with Gasteiger partial charge in [-0.05, 0) is 56.8 Å². The summed E-state index contributed by atoms with van der Waals surface area (Å²) >= 11 is 8.59. The van der Waals surface area contributed by atoms with Gasteiger partial charge in [0, 0.05) is 5.56 Å². The van der Waals surface area contributed by atoms with Gasteiger partial charge in [0.05, 0.1) is 20.2 Å². The molecule has 0 amide bonds. The molecule has 1 aromatic rings. The number of halogens is 2. The molecule has 0 saturated heterocycles. The van der Waals surface area contributed by atoms with E-state index in [0.29, 0.717) is 0 Å². The number of hydrogen-bond donors (Lipinski definition) is 1. The van der Waals surface area contributed by atoms with Gasteiger partial charge in [-0.15, -0.1) is 11.3 Å². The fourth-order valence-corrected chi connectivity index (χ4v) is 4.44. The Morgan fingerprint density at radius 1 is 1.47 bits per heavy atom. The van der Waals surface area contributed by atoms with Crippen molar-refractivity contribution < 1.29 is 4.74 Å². The van der Waals surface area contributed by atoms with Crippen LogP contribution in [-0.2, 0) is 4.74 Å². The Morgan fingerprint density at radius 3 is 2.80 bits per heavy atom. The number of thiophene rings is 1. The molecule has 2 N–H and O–H groups in total. The van der Waals surface area contributed by atoms with Crippen molar-refractivity contribution in [1.29, 1.82) is 0 Å². The van der Waals surface area contributed by atoms with Crippen LogP contribution in [0, 0.1) is 0 Å². The molecule has 0 spiro atoms. The summed E-state index contributed by atoms with van der Waals surface area (Å²) in [7, 11) is 0. The van der Waals surface area contributed by atoms with Crippen molar-refractivity contribution in [3.63, 3.8) is 0 Å². The molecule has 1 unspecified atom stereocenters. The van der Waals surface area contributed by atoms with Gasteiger partial charge in [-0.3, -0.25) is 0 Å². The molecule has 1 aromatic heterocycles. The molecule has 0 aliphatic carbocycles. The van der Waals surface area contributed by atoms with E-state index in [1.165, 1.54) is 0 Å². The van der Waals surface area contributed by atoms with Gasteiger partial charge in [0.2, 0.25) is 0 Å². The standard InChI is InChI=1S/C10H11Br2NOS/c11-8-5-6(10(12)15-8)9(13)7-3-1-2-4-14-7/h3,5,9H,1-2,4,13H2. The summed E-state index contributed by atoms with van der Waals surface area (Å²) in [6.45, 7) is 0.780. The van der Waals surface area contributed by atoms with Crippen molar-refractivity contribution in [3.05, 3.63) is 31.0 Å². The summed E-state index contributed by atoms with van der Waals surface area (Å²) in [5, 5.41) is 0. The van der Waals surface area contributed by atoms with E-state index in [4.69, 9.17) is 10.5 Å². The Labute approximate surface area is 110 Å². The molecule has 15 heavy (non-hydrogen) atoms. The minimum Gasteiger partial charge on any atom is -0.496 e. The maximum absolute atomic E-state index is 6.15. The molecule has 1 atom stereocenters. The molecule has 82 valence electrons. The lowest BCUT2D eigenvalue weighted by Gasteiger charge is -2.20. The van der Waals surface area contributed by atoms with E-state index in [0.717, 1.165) is 38.3 Å². The predicted molar refractivity (Wildman–Crippen MR) is 69.9 cm³/mol. The molecule has 1 aliphatic heterocycles. The van der Waals surface area contributed by atoms with Crippen LogP contribution in [0.4, 0.5) is 0 Å². The molecule has 0 radical (unpaired) electrons. The van der Waals surface area contributed by atoms with Gasteiger partial charge in [-0.25, -0.2) is 0 Å². The molecule has 0 aromatic carbocycles. The maximum atomic E-state index is 6.15. The first-order valence-electron chi connectivity index (χ1n) is 4.71. The Hall–Kier alpha value is 0.160. The summed E-state index contributed by atoms with van der Waals surface area (Å²) in [6.07, 6.45) is 4.24. The van der Waals surface area contributed by atoms with E-state index in [1.807, 2.05) is 6.07 Å². The van der Waals surface area contributed by atoms with Gasteiger partial charge in [0.15, 0.2) is 0 Å². The normalized spacial score (nSPS) is 18.2. The van der Waals surface area contributed by atoms with Gasteiger partial charge >= 0.3 is 0 Å². The number of ether oxygens (including phenoxy) is 1. The molecule has 2 nitrogen and oxygen atoms in total. The molecular formula is C10H11Br2NOS. The van der Waals surface area contributed by atoms with Crippen molar-refractivity contribution >= 4 is 43.2 Å². The van der Waals surface area contributed by atoms with Crippen LogP contribution < -0.4 is 5.73 Å². The summed E-state index contributed by atoms with van der Waals surface area (Å²) in [5.74, 6) is 0.896. The Bertz CT molecular complexity index is 389. The Kier molecular flexibility index (Phi) is 3.88.